The second kappa shape index (κ2) is 5.93. The second-order valence-corrected chi connectivity index (χ2v) is 5.52. The summed E-state index contributed by atoms with van der Waals surface area (Å²) in [5.41, 5.74) is 8.38. The van der Waals surface area contributed by atoms with E-state index in [0.717, 1.165) is 32.8 Å². The summed E-state index contributed by atoms with van der Waals surface area (Å²) in [5, 5.41) is 9.62. The highest BCUT2D eigenvalue weighted by atomic mass is 32.2. The molecule has 3 rings (SSSR count). The van der Waals surface area contributed by atoms with Crippen LogP contribution in [0.2, 0.25) is 0 Å². The number of nitrogens with one attached hydrogen (secondary N) is 1. The van der Waals surface area contributed by atoms with Crippen LogP contribution >= 0.6 is 11.8 Å². The van der Waals surface area contributed by atoms with Gasteiger partial charge in [0.2, 0.25) is 0 Å². The zero-order chi connectivity index (χ0) is 14.7. The normalized spacial score (nSPS) is 10.7. The molecule has 0 bridgehead atoms. The number of nitrogens with zero attached hydrogens (tertiary/aromatic N) is 2. The highest BCUT2D eigenvalue weighted by Crippen LogP contribution is 2.28. The lowest BCUT2D eigenvalue weighted by molar-refractivity contribution is 1.10. The molecule has 4 nitrogen and oxygen atoms in total. The van der Waals surface area contributed by atoms with E-state index >= 15 is 0 Å². The van der Waals surface area contributed by atoms with Crippen molar-refractivity contribution >= 4 is 28.5 Å². The minimum absolute atomic E-state index is 0.0961. The molecule has 104 valence electrons. The van der Waals surface area contributed by atoms with Crippen LogP contribution in [-0.2, 0) is 5.75 Å². The number of fused-ring (bicyclic) bond motifs is 1. The third-order valence-corrected chi connectivity index (χ3v) is 4.23. The van der Waals surface area contributed by atoms with Crippen LogP contribution in [0.1, 0.15) is 11.1 Å². The van der Waals surface area contributed by atoms with Crippen LogP contribution in [0.3, 0.4) is 0 Å². The van der Waals surface area contributed by atoms with Gasteiger partial charge in [0, 0.05) is 16.7 Å². The lowest BCUT2D eigenvalue weighted by Crippen LogP contribution is -2.13. The molecule has 0 unspecified atom stereocenters. The largest absolute Gasteiger partial charge is 0.384 e. The molecule has 0 spiro atoms. The molecule has 0 saturated carbocycles. The Kier molecular flexibility index (Phi) is 3.83. The Morgan fingerprint density at radius 2 is 1.81 bits per heavy atom. The van der Waals surface area contributed by atoms with Crippen molar-refractivity contribution in [3.05, 3.63) is 66.0 Å². The number of rotatable bonds is 4. The lowest BCUT2D eigenvalue weighted by Gasteiger charge is -2.08. The van der Waals surface area contributed by atoms with Crippen molar-refractivity contribution in [3.63, 3.8) is 0 Å². The molecule has 0 fully saturated rings. The minimum Gasteiger partial charge on any atom is -0.384 e. The zero-order valence-electron chi connectivity index (χ0n) is 11.3. The van der Waals surface area contributed by atoms with Crippen molar-refractivity contribution in [3.8, 4) is 0 Å². The zero-order valence-corrected chi connectivity index (χ0v) is 12.1. The van der Waals surface area contributed by atoms with Gasteiger partial charge in [0.15, 0.2) is 0 Å². The molecule has 0 radical (unpaired) electrons. The van der Waals surface area contributed by atoms with E-state index < -0.39 is 0 Å². The molecule has 1 aromatic heterocycles. The Labute approximate surface area is 126 Å². The number of para-hydroxylation sites is 1. The first kappa shape index (κ1) is 13.6. The molecule has 3 N–H and O–H groups in total. The van der Waals surface area contributed by atoms with Gasteiger partial charge in [-0.3, -0.25) is 5.41 Å². The van der Waals surface area contributed by atoms with Crippen molar-refractivity contribution in [2.75, 3.05) is 0 Å². The number of benzene rings is 2. The standard InChI is InChI=1S/C16H14N4S/c17-15(18)12-6-2-1-5-11(12)9-21-16-13-7-3-4-8-14(13)19-10-20-16/h1-8,10H,9H2,(H3,17,18). The van der Waals surface area contributed by atoms with E-state index in [-0.39, 0.29) is 5.84 Å². The van der Waals surface area contributed by atoms with Gasteiger partial charge in [0.25, 0.3) is 0 Å². The van der Waals surface area contributed by atoms with Crippen molar-refractivity contribution in [1.29, 1.82) is 5.41 Å². The molecule has 0 amide bonds. The van der Waals surface area contributed by atoms with Gasteiger partial charge in [-0.25, -0.2) is 9.97 Å². The molecule has 0 saturated heterocycles. The van der Waals surface area contributed by atoms with Crippen molar-refractivity contribution in [2.45, 2.75) is 10.8 Å². The summed E-state index contributed by atoms with van der Waals surface area (Å²) in [7, 11) is 0. The molecular formula is C16H14N4S. The first-order chi connectivity index (χ1) is 10.3. The van der Waals surface area contributed by atoms with Crippen LogP contribution < -0.4 is 5.73 Å². The molecule has 0 aliphatic rings. The number of aromatic nitrogens is 2. The van der Waals surface area contributed by atoms with Gasteiger partial charge < -0.3 is 5.73 Å². The minimum atomic E-state index is 0.0961. The highest BCUT2D eigenvalue weighted by Gasteiger charge is 2.08. The maximum absolute atomic E-state index is 7.63. The van der Waals surface area contributed by atoms with E-state index in [2.05, 4.69) is 9.97 Å². The van der Waals surface area contributed by atoms with Crippen LogP contribution in [0, 0.1) is 5.41 Å². The van der Waals surface area contributed by atoms with E-state index in [9.17, 15) is 0 Å². The van der Waals surface area contributed by atoms with Gasteiger partial charge in [-0.1, -0.05) is 42.5 Å². The summed E-state index contributed by atoms with van der Waals surface area (Å²) in [6.07, 6.45) is 1.58. The molecule has 21 heavy (non-hydrogen) atoms. The Balaban J connectivity index is 1.89. The van der Waals surface area contributed by atoms with Crippen LogP contribution in [-0.4, -0.2) is 15.8 Å². The predicted octanol–water partition coefficient (Wildman–Crippen LogP) is 3.21. The molecule has 1 heterocycles. The van der Waals surface area contributed by atoms with Crippen LogP contribution in [0.5, 0.6) is 0 Å². The van der Waals surface area contributed by atoms with E-state index in [4.69, 9.17) is 11.1 Å². The van der Waals surface area contributed by atoms with E-state index in [0.29, 0.717) is 0 Å². The second-order valence-electron chi connectivity index (χ2n) is 4.56. The molecular weight excluding hydrogens is 280 g/mol. The van der Waals surface area contributed by atoms with Crippen LogP contribution in [0.15, 0.2) is 59.9 Å². The predicted molar refractivity (Wildman–Crippen MR) is 86.6 cm³/mol. The summed E-state index contributed by atoms with van der Waals surface area (Å²) in [4.78, 5) is 8.63. The SMILES string of the molecule is N=C(N)c1ccccc1CSc1ncnc2ccccc12. The number of hydrogen-bond donors (Lipinski definition) is 2. The molecule has 5 heteroatoms. The number of hydrogen-bond acceptors (Lipinski definition) is 4. The quantitative estimate of drug-likeness (QED) is 0.335. The van der Waals surface area contributed by atoms with Gasteiger partial charge in [-0.2, -0.15) is 0 Å². The van der Waals surface area contributed by atoms with Gasteiger partial charge in [-0.05, 0) is 11.6 Å². The summed E-state index contributed by atoms with van der Waals surface area (Å²) in [6.45, 7) is 0. The maximum atomic E-state index is 7.63. The smallest absolute Gasteiger partial charge is 0.123 e. The van der Waals surface area contributed by atoms with E-state index in [1.165, 1.54) is 0 Å². The summed E-state index contributed by atoms with van der Waals surface area (Å²) in [5.74, 6) is 0.815. The topological polar surface area (TPSA) is 75.7 Å². The van der Waals surface area contributed by atoms with Crippen LogP contribution in [0.4, 0.5) is 0 Å². The number of thioether (sulfide) groups is 1. The number of nitrogen functional groups attached to an aromatic ring is 1. The van der Waals surface area contributed by atoms with Crippen molar-refractivity contribution < 1.29 is 0 Å². The third-order valence-electron chi connectivity index (χ3n) is 3.18. The van der Waals surface area contributed by atoms with Gasteiger partial charge in [0.05, 0.1) is 5.52 Å². The van der Waals surface area contributed by atoms with E-state index in [1.807, 2.05) is 48.5 Å². The first-order valence-corrected chi connectivity index (χ1v) is 7.49. The maximum Gasteiger partial charge on any atom is 0.123 e. The fraction of sp³-hybridized carbons (Fsp3) is 0.0625. The monoisotopic (exact) mass is 294 g/mol. The lowest BCUT2D eigenvalue weighted by atomic mass is 10.1. The van der Waals surface area contributed by atoms with Crippen LogP contribution in [0.25, 0.3) is 10.9 Å². The van der Waals surface area contributed by atoms with Gasteiger partial charge in [0.1, 0.15) is 17.2 Å². The summed E-state index contributed by atoms with van der Waals surface area (Å²) >= 11 is 1.63. The molecule has 0 aliphatic heterocycles. The van der Waals surface area contributed by atoms with Gasteiger partial charge in [-0.15, -0.1) is 11.8 Å². The van der Waals surface area contributed by atoms with Crippen molar-refractivity contribution in [1.82, 2.24) is 9.97 Å². The van der Waals surface area contributed by atoms with Gasteiger partial charge >= 0.3 is 0 Å². The molecule has 0 aliphatic carbocycles. The fourth-order valence-corrected chi connectivity index (χ4v) is 3.14. The average molecular weight is 294 g/mol. The molecule has 2 aromatic carbocycles. The Bertz CT molecular complexity index is 796. The Morgan fingerprint density at radius 3 is 2.67 bits per heavy atom. The number of nitrogens with two attached hydrogens (primary N) is 1. The molecule has 0 atom stereocenters. The third kappa shape index (κ3) is 2.87. The first-order valence-electron chi connectivity index (χ1n) is 6.50. The summed E-state index contributed by atoms with van der Waals surface area (Å²) < 4.78 is 0. The molecule has 3 aromatic rings. The Hall–Kier alpha value is -2.40. The van der Waals surface area contributed by atoms with Crippen molar-refractivity contribution in [2.24, 2.45) is 5.73 Å². The highest BCUT2D eigenvalue weighted by molar-refractivity contribution is 7.98. The fourth-order valence-electron chi connectivity index (χ4n) is 2.15. The Morgan fingerprint density at radius 1 is 1.05 bits per heavy atom. The number of amidine groups is 1. The average Bonchev–Trinajstić information content (AvgIpc) is 2.53. The van der Waals surface area contributed by atoms with E-state index in [1.54, 1.807) is 18.1 Å². The summed E-state index contributed by atoms with van der Waals surface area (Å²) in [6, 6.07) is 15.7.